The number of carbonyl (C=O) groups is 1. The molecule has 0 aliphatic heterocycles. The molecule has 0 saturated carbocycles. The third kappa shape index (κ3) is 3.81. The average molecular weight is 300 g/mol. The molecule has 22 heavy (non-hydrogen) atoms. The highest BCUT2D eigenvalue weighted by Gasteiger charge is 2.09. The smallest absolute Gasteiger partial charge is 0.338 e. The van der Waals surface area contributed by atoms with Crippen LogP contribution in [0.3, 0.4) is 0 Å². The quantitative estimate of drug-likeness (QED) is 0.794. The Kier molecular flexibility index (Phi) is 5.09. The summed E-state index contributed by atoms with van der Waals surface area (Å²) in [5.74, 6) is 0.250. The summed E-state index contributed by atoms with van der Waals surface area (Å²) in [6, 6.07) is 6.93. The zero-order valence-corrected chi connectivity index (χ0v) is 13.3. The van der Waals surface area contributed by atoms with E-state index in [4.69, 9.17) is 9.47 Å². The van der Waals surface area contributed by atoms with Crippen molar-refractivity contribution in [2.75, 3.05) is 6.61 Å². The van der Waals surface area contributed by atoms with Crippen molar-refractivity contribution in [2.24, 2.45) is 0 Å². The van der Waals surface area contributed by atoms with Gasteiger partial charge in [0.05, 0.1) is 34.9 Å². The molecule has 0 atom stereocenters. The molecule has 1 aromatic heterocycles. The molecule has 1 aromatic carbocycles. The Labute approximate surface area is 130 Å². The highest BCUT2D eigenvalue weighted by atomic mass is 16.5. The molecular formula is C17H20N2O3. The first-order chi connectivity index (χ1) is 10.5. The van der Waals surface area contributed by atoms with Crippen molar-refractivity contribution in [3.8, 4) is 5.75 Å². The summed E-state index contributed by atoms with van der Waals surface area (Å²) in [7, 11) is 0. The molecule has 2 rings (SSSR count). The highest BCUT2D eigenvalue weighted by Crippen LogP contribution is 2.16. The van der Waals surface area contributed by atoms with Crippen molar-refractivity contribution in [1.29, 1.82) is 0 Å². The van der Waals surface area contributed by atoms with E-state index in [-0.39, 0.29) is 5.97 Å². The largest absolute Gasteiger partial charge is 0.487 e. The summed E-state index contributed by atoms with van der Waals surface area (Å²) in [5, 5.41) is 0. The minimum atomic E-state index is -0.352. The molecule has 0 bridgehead atoms. The van der Waals surface area contributed by atoms with E-state index in [1.165, 1.54) is 0 Å². The fraction of sp³-hybridized carbons (Fsp3) is 0.353. The average Bonchev–Trinajstić information content (AvgIpc) is 2.50. The summed E-state index contributed by atoms with van der Waals surface area (Å²) in [6.07, 6.45) is 0. The predicted molar refractivity (Wildman–Crippen MR) is 83.0 cm³/mol. The zero-order chi connectivity index (χ0) is 16.1. The van der Waals surface area contributed by atoms with Crippen LogP contribution >= 0.6 is 0 Å². The van der Waals surface area contributed by atoms with E-state index < -0.39 is 0 Å². The second-order valence-electron chi connectivity index (χ2n) is 4.96. The van der Waals surface area contributed by atoms with Crippen molar-refractivity contribution in [3.63, 3.8) is 0 Å². The van der Waals surface area contributed by atoms with Crippen LogP contribution in [0.25, 0.3) is 0 Å². The van der Waals surface area contributed by atoms with Crippen LogP contribution in [0.1, 0.15) is 40.1 Å². The van der Waals surface area contributed by atoms with E-state index >= 15 is 0 Å². The molecule has 0 unspecified atom stereocenters. The number of benzene rings is 1. The van der Waals surface area contributed by atoms with Crippen molar-refractivity contribution >= 4 is 5.97 Å². The normalized spacial score (nSPS) is 10.4. The number of ether oxygens (including phenoxy) is 2. The van der Waals surface area contributed by atoms with Crippen LogP contribution in [-0.2, 0) is 11.3 Å². The fourth-order valence-corrected chi connectivity index (χ4v) is 1.98. The summed E-state index contributed by atoms with van der Waals surface area (Å²) in [4.78, 5) is 20.6. The van der Waals surface area contributed by atoms with E-state index in [0.29, 0.717) is 24.5 Å². The molecule has 0 aliphatic carbocycles. The van der Waals surface area contributed by atoms with Crippen molar-refractivity contribution < 1.29 is 14.3 Å². The van der Waals surface area contributed by atoms with Gasteiger partial charge in [-0.05, 0) is 45.9 Å². The van der Waals surface area contributed by atoms with E-state index in [1.54, 1.807) is 31.2 Å². The predicted octanol–water partition coefficient (Wildman–Crippen LogP) is 3.16. The molecule has 0 fully saturated rings. The monoisotopic (exact) mass is 300 g/mol. The molecule has 5 nitrogen and oxygen atoms in total. The first kappa shape index (κ1) is 15.9. The zero-order valence-electron chi connectivity index (χ0n) is 13.3. The standard InChI is InChI=1S/C17H20N2O3/c1-5-21-17(20)14-7-6-8-15(9-14)22-10-16-13(4)18-11(2)12(3)19-16/h6-9H,5,10H2,1-4H3. The van der Waals surface area contributed by atoms with E-state index in [0.717, 1.165) is 22.8 Å². The van der Waals surface area contributed by atoms with Gasteiger partial charge in [0, 0.05) is 0 Å². The lowest BCUT2D eigenvalue weighted by atomic mass is 10.2. The Morgan fingerprint density at radius 2 is 1.82 bits per heavy atom. The molecule has 116 valence electrons. The number of nitrogens with zero attached hydrogens (tertiary/aromatic N) is 2. The van der Waals surface area contributed by atoms with E-state index in [2.05, 4.69) is 9.97 Å². The third-order valence-corrected chi connectivity index (χ3v) is 3.30. The Morgan fingerprint density at radius 1 is 1.09 bits per heavy atom. The first-order valence-electron chi connectivity index (χ1n) is 7.22. The van der Waals surface area contributed by atoms with Crippen LogP contribution in [0.15, 0.2) is 24.3 Å². The molecule has 0 saturated heterocycles. The van der Waals surface area contributed by atoms with Gasteiger partial charge >= 0.3 is 5.97 Å². The van der Waals surface area contributed by atoms with E-state index in [9.17, 15) is 4.79 Å². The maximum absolute atomic E-state index is 11.7. The van der Waals surface area contributed by atoms with Gasteiger partial charge in [-0.25, -0.2) is 4.79 Å². The Balaban J connectivity index is 2.10. The van der Waals surface area contributed by atoms with Crippen molar-refractivity contribution in [3.05, 3.63) is 52.6 Å². The number of hydrogen-bond donors (Lipinski definition) is 0. The van der Waals surface area contributed by atoms with Crippen molar-refractivity contribution in [2.45, 2.75) is 34.3 Å². The fourth-order valence-electron chi connectivity index (χ4n) is 1.98. The minimum Gasteiger partial charge on any atom is -0.487 e. The van der Waals surface area contributed by atoms with Gasteiger partial charge < -0.3 is 9.47 Å². The summed E-state index contributed by atoms with van der Waals surface area (Å²) in [5.41, 5.74) is 3.94. The third-order valence-electron chi connectivity index (χ3n) is 3.30. The molecule has 0 aliphatic rings. The summed E-state index contributed by atoms with van der Waals surface area (Å²) >= 11 is 0. The highest BCUT2D eigenvalue weighted by molar-refractivity contribution is 5.89. The van der Waals surface area contributed by atoms with Crippen LogP contribution in [0, 0.1) is 20.8 Å². The number of aromatic nitrogens is 2. The van der Waals surface area contributed by atoms with Gasteiger partial charge in [-0.3, -0.25) is 9.97 Å². The number of rotatable bonds is 5. The maximum atomic E-state index is 11.7. The van der Waals surface area contributed by atoms with Gasteiger partial charge in [-0.15, -0.1) is 0 Å². The van der Waals surface area contributed by atoms with Gasteiger partial charge in [-0.1, -0.05) is 6.07 Å². The molecule has 0 spiro atoms. The van der Waals surface area contributed by atoms with Gasteiger partial charge in [0.25, 0.3) is 0 Å². The number of hydrogen-bond acceptors (Lipinski definition) is 5. The number of aryl methyl sites for hydroxylation is 3. The summed E-state index contributed by atoms with van der Waals surface area (Å²) < 4.78 is 10.7. The van der Waals surface area contributed by atoms with Gasteiger partial charge in [0.2, 0.25) is 0 Å². The lowest BCUT2D eigenvalue weighted by Crippen LogP contribution is -2.07. The maximum Gasteiger partial charge on any atom is 0.338 e. The lowest BCUT2D eigenvalue weighted by molar-refractivity contribution is 0.0526. The molecule has 2 aromatic rings. The second kappa shape index (κ2) is 7.02. The Hall–Kier alpha value is -2.43. The minimum absolute atomic E-state index is 0.312. The summed E-state index contributed by atoms with van der Waals surface area (Å²) in [6.45, 7) is 8.20. The van der Waals surface area contributed by atoms with Crippen LogP contribution in [0.4, 0.5) is 0 Å². The molecule has 0 N–H and O–H groups in total. The Bertz CT molecular complexity index is 684. The first-order valence-corrected chi connectivity index (χ1v) is 7.22. The van der Waals surface area contributed by atoms with Gasteiger partial charge in [0.1, 0.15) is 12.4 Å². The van der Waals surface area contributed by atoms with Crippen molar-refractivity contribution in [1.82, 2.24) is 9.97 Å². The molecule has 5 heteroatoms. The topological polar surface area (TPSA) is 61.3 Å². The molecule has 1 heterocycles. The van der Waals surface area contributed by atoms with Crippen LogP contribution in [0.5, 0.6) is 5.75 Å². The lowest BCUT2D eigenvalue weighted by Gasteiger charge is -2.10. The molecule has 0 radical (unpaired) electrons. The SMILES string of the molecule is CCOC(=O)c1cccc(OCc2nc(C)c(C)nc2C)c1. The molecule has 0 amide bonds. The van der Waals surface area contributed by atoms with Crippen LogP contribution in [-0.4, -0.2) is 22.5 Å². The number of carbonyl (C=O) groups excluding carboxylic acids is 1. The van der Waals surface area contributed by atoms with Gasteiger partial charge in [0.15, 0.2) is 0 Å². The van der Waals surface area contributed by atoms with Crippen LogP contribution in [0.2, 0.25) is 0 Å². The van der Waals surface area contributed by atoms with Crippen LogP contribution < -0.4 is 4.74 Å². The van der Waals surface area contributed by atoms with E-state index in [1.807, 2.05) is 20.8 Å². The Morgan fingerprint density at radius 3 is 2.55 bits per heavy atom. The van der Waals surface area contributed by atoms with Gasteiger partial charge in [-0.2, -0.15) is 0 Å². The number of esters is 1. The second-order valence-corrected chi connectivity index (χ2v) is 4.96. The molecular weight excluding hydrogens is 280 g/mol.